The number of ether oxygens (including phenoxy) is 1. The molecule has 7 heteroatoms. The van der Waals surface area contributed by atoms with E-state index in [2.05, 4.69) is 51.1 Å². The summed E-state index contributed by atoms with van der Waals surface area (Å²) in [5.41, 5.74) is 2.64. The van der Waals surface area contributed by atoms with Gasteiger partial charge in [0.1, 0.15) is 0 Å². The second-order valence-electron chi connectivity index (χ2n) is 7.39. The van der Waals surface area contributed by atoms with Crippen LogP contribution in [0.25, 0.3) is 5.65 Å². The van der Waals surface area contributed by atoms with E-state index in [1.54, 1.807) is 12.3 Å². The number of nitrogens with zero attached hydrogens (tertiary/aromatic N) is 4. The molecule has 2 aromatic heterocycles. The predicted octanol–water partition coefficient (Wildman–Crippen LogP) is 1.75. The molecule has 0 bridgehead atoms. The summed E-state index contributed by atoms with van der Waals surface area (Å²) in [5, 5.41) is 2.89. The molecule has 3 heterocycles. The van der Waals surface area contributed by atoms with Gasteiger partial charge in [-0.05, 0) is 12.5 Å². The zero-order valence-electron chi connectivity index (χ0n) is 16.3. The van der Waals surface area contributed by atoms with Crippen LogP contribution in [0.3, 0.4) is 0 Å². The number of H-pyrrole nitrogens is 1. The van der Waals surface area contributed by atoms with Gasteiger partial charge >= 0.3 is 0 Å². The fraction of sp³-hybridized carbons (Fsp3) is 0.429. The molecule has 7 nitrogen and oxygen atoms in total. The van der Waals surface area contributed by atoms with E-state index >= 15 is 0 Å². The number of benzene rings is 1. The average molecular weight is 381 g/mol. The zero-order chi connectivity index (χ0) is 19.3. The van der Waals surface area contributed by atoms with Crippen molar-refractivity contribution in [2.24, 2.45) is 0 Å². The quantitative estimate of drug-likeness (QED) is 0.675. The van der Waals surface area contributed by atoms with E-state index in [-0.39, 0.29) is 5.56 Å². The predicted molar refractivity (Wildman–Crippen MR) is 108 cm³/mol. The second kappa shape index (κ2) is 8.68. The van der Waals surface area contributed by atoms with Crippen molar-refractivity contribution in [3.05, 3.63) is 70.3 Å². The van der Waals surface area contributed by atoms with Gasteiger partial charge < -0.3 is 4.74 Å². The van der Waals surface area contributed by atoms with Gasteiger partial charge in [0, 0.05) is 57.1 Å². The van der Waals surface area contributed by atoms with E-state index in [1.165, 1.54) is 10.1 Å². The van der Waals surface area contributed by atoms with Crippen LogP contribution in [0, 0.1) is 0 Å². The van der Waals surface area contributed by atoms with Gasteiger partial charge in [-0.25, -0.2) is 9.50 Å². The van der Waals surface area contributed by atoms with Crippen LogP contribution in [0.4, 0.5) is 0 Å². The van der Waals surface area contributed by atoms with Crippen LogP contribution in [-0.4, -0.2) is 63.3 Å². The van der Waals surface area contributed by atoms with E-state index in [4.69, 9.17) is 4.74 Å². The van der Waals surface area contributed by atoms with E-state index in [9.17, 15) is 4.79 Å². The Hall–Kier alpha value is -2.48. The first-order valence-electron chi connectivity index (χ1n) is 9.83. The van der Waals surface area contributed by atoms with Gasteiger partial charge in [-0.3, -0.25) is 19.7 Å². The molecule has 3 aromatic rings. The maximum atomic E-state index is 12.3. The Morgan fingerprint density at radius 1 is 1.18 bits per heavy atom. The third-order valence-electron chi connectivity index (χ3n) is 5.28. The van der Waals surface area contributed by atoms with Crippen LogP contribution in [-0.2, 0) is 17.8 Å². The van der Waals surface area contributed by atoms with Crippen molar-refractivity contribution in [3.8, 4) is 0 Å². The summed E-state index contributed by atoms with van der Waals surface area (Å²) >= 11 is 0. The van der Waals surface area contributed by atoms with Crippen molar-refractivity contribution in [1.29, 1.82) is 0 Å². The van der Waals surface area contributed by atoms with Crippen molar-refractivity contribution in [3.63, 3.8) is 0 Å². The van der Waals surface area contributed by atoms with Gasteiger partial charge in [-0.1, -0.05) is 30.3 Å². The largest absolute Gasteiger partial charge is 0.379 e. The van der Waals surface area contributed by atoms with Gasteiger partial charge in [0.15, 0.2) is 5.65 Å². The molecule has 0 saturated carbocycles. The summed E-state index contributed by atoms with van der Waals surface area (Å²) in [7, 11) is 0. The van der Waals surface area contributed by atoms with Crippen LogP contribution in [0.1, 0.15) is 18.2 Å². The van der Waals surface area contributed by atoms with Crippen LogP contribution in [0.5, 0.6) is 0 Å². The lowest BCUT2D eigenvalue weighted by Crippen LogP contribution is -2.45. The molecule has 1 saturated heterocycles. The number of hydrogen-bond acceptors (Lipinski definition) is 5. The summed E-state index contributed by atoms with van der Waals surface area (Å²) in [6.45, 7) is 8.22. The minimum atomic E-state index is -0.0782. The van der Waals surface area contributed by atoms with E-state index in [0.717, 1.165) is 45.1 Å². The van der Waals surface area contributed by atoms with Crippen molar-refractivity contribution < 1.29 is 4.74 Å². The third-order valence-corrected chi connectivity index (χ3v) is 5.28. The second-order valence-corrected chi connectivity index (χ2v) is 7.39. The lowest BCUT2D eigenvalue weighted by molar-refractivity contribution is 0.0224. The molecule has 1 N–H and O–H groups in total. The Bertz CT molecular complexity index is 946. The molecule has 0 radical (unpaired) electrons. The Labute approximate surface area is 164 Å². The molecule has 28 heavy (non-hydrogen) atoms. The first-order chi connectivity index (χ1) is 13.7. The average Bonchev–Trinajstić information content (AvgIpc) is 3.18. The molecule has 0 amide bonds. The molecule has 4 rings (SSSR count). The lowest BCUT2D eigenvalue weighted by Gasteiger charge is -2.35. The van der Waals surface area contributed by atoms with Gasteiger partial charge in [-0.15, -0.1) is 0 Å². The summed E-state index contributed by atoms with van der Waals surface area (Å²) < 4.78 is 6.93. The van der Waals surface area contributed by atoms with Crippen LogP contribution < -0.4 is 5.56 Å². The maximum Gasteiger partial charge on any atom is 0.272 e. The lowest BCUT2D eigenvalue weighted by atomic mass is 10.1. The molecule has 1 aliphatic rings. The molecule has 148 valence electrons. The fourth-order valence-electron chi connectivity index (χ4n) is 3.72. The number of aromatic nitrogens is 3. The molecule has 1 aliphatic heterocycles. The molecular weight excluding hydrogens is 354 g/mol. The highest BCUT2D eigenvalue weighted by molar-refractivity contribution is 5.36. The molecule has 1 aromatic carbocycles. The topological polar surface area (TPSA) is 65.9 Å². The fourth-order valence-corrected chi connectivity index (χ4v) is 3.72. The summed E-state index contributed by atoms with van der Waals surface area (Å²) in [4.78, 5) is 21.8. The molecule has 0 aliphatic carbocycles. The molecular formula is C21H27N5O2. The Balaban J connectivity index is 1.54. The Morgan fingerprint density at radius 2 is 1.96 bits per heavy atom. The molecule has 1 unspecified atom stereocenters. The summed E-state index contributed by atoms with van der Waals surface area (Å²) in [6, 6.07) is 14.2. The van der Waals surface area contributed by atoms with Gasteiger partial charge in [0.2, 0.25) is 0 Å². The molecule has 0 spiro atoms. The van der Waals surface area contributed by atoms with E-state index in [0.29, 0.717) is 18.2 Å². The highest BCUT2D eigenvalue weighted by atomic mass is 16.5. The molecule has 1 atom stereocenters. The minimum Gasteiger partial charge on any atom is -0.379 e. The van der Waals surface area contributed by atoms with Crippen LogP contribution in [0.15, 0.2) is 53.5 Å². The number of hydrogen-bond donors (Lipinski definition) is 1. The van der Waals surface area contributed by atoms with E-state index < -0.39 is 0 Å². The van der Waals surface area contributed by atoms with Crippen molar-refractivity contribution in [2.75, 3.05) is 32.8 Å². The standard InChI is InChI=1S/C21H27N5O2/c1-17(14-24-9-11-28-12-10-24)25(15-18-5-3-2-4-6-18)16-19-13-21(27)26-20(23-19)7-8-22-26/h2-8,13,17,22H,9-12,14-16H2,1H3. The third kappa shape index (κ3) is 4.49. The van der Waals surface area contributed by atoms with Crippen LogP contribution >= 0.6 is 0 Å². The highest BCUT2D eigenvalue weighted by Gasteiger charge is 2.20. The molecule has 1 fully saturated rings. The number of rotatable bonds is 7. The van der Waals surface area contributed by atoms with Crippen LogP contribution in [0.2, 0.25) is 0 Å². The normalized spacial score (nSPS) is 16.6. The maximum absolute atomic E-state index is 12.3. The smallest absolute Gasteiger partial charge is 0.272 e. The first-order valence-corrected chi connectivity index (χ1v) is 9.83. The highest BCUT2D eigenvalue weighted by Crippen LogP contribution is 2.14. The summed E-state index contributed by atoms with van der Waals surface area (Å²) in [5.74, 6) is 0. The number of nitrogens with one attached hydrogen (secondary N) is 1. The Morgan fingerprint density at radius 3 is 2.75 bits per heavy atom. The summed E-state index contributed by atoms with van der Waals surface area (Å²) in [6.07, 6.45) is 1.73. The zero-order valence-corrected chi connectivity index (χ0v) is 16.3. The monoisotopic (exact) mass is 381 g/mol. The van der Waals surface area contributed by atoms with Gasteiger partial charge in [0.25, 0.3) is 5.56 Å². The van der Waals surface area contributed by atoms with Gasteiger partial charge in [-0.2, -0.15) is 0 Å². The number of fused-ring (bicyclic) bond motifs is 1. The first kappa shape index (κ1) is 18.9. The SMILES string of the molecule is CC(CN1CCOCC1)N(Cc1ccccc1)Cc1cc(=O)n2[nH]ccc2n1. The van der Waals surface area contributed by atoms with Crippen molar-refractivity contribution >= 4 is 5.65 Å². The number of aromatic amines is 1. The van der Waals surface area contributed by atoms with E-state index in [1.807, 2.05) is 12.1 Å². The van der Waals surface area contributed by atoms with Gasteiger partial charge in [0.05, 0.1) is 18.9 Å². The van der Waals surface area contributed by atoms with Crippen molar-refractivity contribution in [1.82, 2.24) is 24.4 Å². The van der Waals surface area contributed by atoms with Crippen molar-refractivity contribution in [2.45, 2.75) is 26.1 Å². The minimum absolute atomic E-state index is 0.0782. The Kier molecular flexibility index (Phi) is 5.85. The number of morpholine rings is 1.